The fraction of sp³-hybridized carbons (Fsp3) is 0. The van der Waals surface area contributed by atoms with Crippen molar-refractivity contribution in [2.75, 3.05) is 11.5 Å². The Balaban J connectivity index is 2.59. The zero-order chi connectivity index (χ0) is 11.7. The van der Waals surface area contributed by atoms with Gasteiger partial charge in [0.1, 0.15) is 9.21 Å². The molecule has 2 heterocycles. The fourth-order valence-electron chi connectivity index (χ4n) is 1.34. The van der Waals surface area contributed by atoms with E-state index in [2.05, 4.69) is 41.8 Å². The minimum Gasteiger partial charge on any atom is -0.398 e. The number of anilines is 2. The molecule has 82 valence electrons. The van der Waals surface area contributed by atoms with Crippen LogP contribution in [0.5, 0.6) is 0 Å². The summed E-state index contributed by atoms with van der Waals surface area (Å²) in [4.78, 5) is 8.24. The number of hydrogen-bond donors (Lipinski definition) is 2. The first-order valence-electron chi connectivity index (χ1n) is 4.40. The van der Waals surface area contributed by atoms with Gasteiger partial charge >= 0.3 is 0 Å². The highest BCUT2D eigenvalue weighted by atomic mass is 79.9. The van der Waals surface area contributed by atoms with Crippen LogP contribution in [0.2, 0.25) is 0 Å². The Morgan fingerprint density at radius 2 is 1.19 bits per heavy atom. The van der Waals surface area contributed by atoms with Crippen molar-refractivity contribution in [1.82, 2.24) is 9.97 Å². The molecule has 0 aromatic carbocycles. The minimum absolute atomic E-state index is 0.609. The molecule has 0 aliphatic rings. The van der Waals surface area contributed by atoms with Crippen molar-refractivity contribution in [1.29, 1.82) is 0 Å². The molecular formula is C10H8Br2N4. The molecule has 2 rings (SSSR count). The van der Waals surface area contributed by atoms with Crippen LogP contribution in [0, 0.1) is 0 Å². The standard InChI is InChI=1S/C10H8Br2N4/c11-9-1-7(13)5(3-15-9)6-4-16-10(12)2-8(6)14/h1-4H,(H2,13,15)(H2,14,16). The number of nitrogens with zero attached hydrogens (tertiary/aromatic N) is 2. The molecule has 0 amide bonds. The van der Waals surface area contributed by atoms with Crippen LogP contribution >= 0.6 is 31.9 Å². The third kappa shape index (κ3) is 2.17. The van der Waals surface area contributed by atoms with E-state index in [1.165, 1.54) is 0 Å². The summed E-state index contributed by atoms with van der Waals surface area (Å²) >= 11 is 6.51. The number of pyridine rings is 2. The maximum atomic E-state index is 5.90. The van der Waals surface area contributed by atoms with Gasteiger partial charge in [-0.2, -0.15) is 0 Å². The highest BCUT2D eigenvalue weighted by molar-refractivity contribution is 9.10. The van der Waals surface area contributed by atoms with Gasteiger partial charge in [-0.3, -0.25) is 0 Å². The summed E-state index contributed by atoms with van der Waals surface area (Å²) in [5.41, 5.74) is 14.6. The Bertz CT molecular complexity index is 493. The largest absolute Gasteiger partial charge is 0.398 e. The average molecular weight is 344 g/mol. The summed E-state index contributed by atoms with van der Waals surface area (Å²) in [5.74, 6) is 0. The first kappa shape index (κ1) is 11.3. The Morgan fingerprint density at radius 1 is 0.812 bits per heavy atom. The third-order valence-electron chi connectivity index (χ3n) is 2.10. The molecule has 6 heteroatoms. The van der Waals surface area contributed by atoms with Crippen molar-refractivity contribution in [3.63, 3.8) is 0 Å². The molecule has 4 N–H and O–H groups in total. The molecule has 0 radical (unpaired) electrons. The van der Waals surface area contributed by atoms with E-state index in [1.54, 1.807) is 24.5 Å². The van der Waals surface area contributed by atoms with Crippen LogP contribution < -0.4 is 11.5 Å². The molecule has 0 bridgehead atoms. The summed E-state index contributed by atoms with van der Waals surface area (Å²) in [6.07, 6.45) is 3.33. The SMILES string of the molecule is Nc1cc(Br)ncc1-c1cnc(Br)cc1N. The second kappa shape index (κ2) is 4.39. The van der Waals surface area contributed by atoms with E-state index in [9.17, 15) is 0 Å². The fourth-order valence-corrected chi connectivity index (χ4v) is 2.04. The van der Waals surface area contributed by atoms with Crippen LogP contribution in [0.15, 0.2) is 33.7 Å². The van der Waals surface area contributed by atoms with Gasteiger partial charge in [0.05, 0.1) is 0 Å². The Kier molecular flexibility index (Phi) is 3.11. The number of hydrogen-bond acceptors (Lipinski definition) is 4. The monoisotopic (exact) mass is 342 g/mol. The third-order valence-corrected chi connectivity index (χ3v) is 2.96. The Morgan fingerprint density at radius 3 is 1.50 bits per heavy atom. The molecule has 2 aromatic heterocycles. The van der Waals surface area contributed by atoms with Gasteiger partial charge in [-0.25, -0.2) is 9.97 Å². The van der Waals surface area contributed by atoms with Crippen LogP contribution in [0.1, 0.15) is 0 Å². The molecule has 0 spiro atoms. The Hall–Kier alpha value is -1.14. The molecule has 0 unspecified atom stereocenters. The van der Waals surface area contributed by atoms with E-state index >= 15 is 0 Å². The van der Waals surface area contributed by atoms with Gasteiger partial charge in [0.2, 0.25) is 0 Å². The van der Waals surface area contributed by atoms with E-state index in [4.69, 9.17) is 11.5 Å². The molecule has 0 aliphatic carbocycles. The predicted octanol–water partition coefficient (Wildman–Crippen LogP) is 2.83. The van der Waals surface area contributed by atoms with Crippen molar-refractivity contribution in [2.45, 2.75) is 0 Å². The van der Waals surface area contributed by atoms with Crippen molar-refractivity contribution >= 4 is 43.2 Å². The lowest BCUT2D eigenvalue weighted by Crippen LogP contribution is -1.96. The van der Waals surface area contributed by atoms with Crippen molar-refractivity contribution in [2.24, 2.45) is 0 Å². The number of nitrogen functional groups attached to an aromatic ring is 2. The van der Waals surface area contributed by atoms with Gasteiger partial charge in [-0.15, -0.1) is 0 Å². The molecular weight excluding hydrogens is 336 g/mol. The first-order valence-corrected chi connectivity index (χ1v) is 5.99. The van der Waals surface area contributed by atoms with Crippen LogP contribution in [0.4, 0.5) is 11.4 Å². The zero-order valence-corrected chi connectivity index (χ0v) is 11.3. The molecule has 0 saturated heterocycles. The maximum absolute atomic E-state index is 5.90. The summed E-state index contributed by atoms with van der Waals surface area (Å²) in [6.45, 7) is 0. The maximum Gasteiger partial charge on any atom is 0.108 e. The zero-order valence-electron chi connectivity index (χ0n) is 8.11. The minimum atomic E-state index is 0.609. The lowest BCUT2D eigenvalue weighted by atomic mass is 10.1. The van der Waals surface area contributed by atoms with Crippen molar-refractivity contribution in [3.8, 4) is 11.1 Å². The van der Waals surface area contributed by atoms with Crippen molar-refractivity contribution in [3.05, 3.63) is 33.7 Å². The number of halogens is 2. The van der Waals surface area contributed by atoms with Gasteiger partial charge in [-0.05, 0) is 44.0 Å². The van der Waals surface area contributed by atoms with Gasteiger partial charge in [-0.1, -0.05) is 0 Å². The van der Waals surface area contributed by atoms with Gasteiger partial charge in [0, 0.05) is 34.9 Å². The smallest absolute Gasteiger partial charge is 0.108 e. The summed E-state index contributed by atoms with van der Waals surface area (Å²) in [6, 6.07) is 3.47. The molecule has 4 nitrogen and oxygen atoms in total. The first-order chi connectivity index (χ1) is 7.58. The van der Waals surface area contributed by atoms with Crippen LogP contribution in [0.3, 0.4) is 0 Å². The molecule has 0 aliphatic heterocycles. The number of aromatic nitrogens is 2. The highest BCUT2D eigenvalue weighted by Gasteiger charge is 2.08. The molecule has 16 heavy (non-hydrogen) atoms. The van der Waals surface area contributed by atoms with Crippen molar-refractivity contribution < 1.29 is 0 Å². The second-order valence-electron chi connectivity index (χ2n) is 3.19. The molecule has 0 atom stereocenters. The quantitative estimate of drug-likeness (QED) is 0.780. The van der Waals surface area contributed by atoms with Crippen LogP contribution in [-0.2, 0) is 0 Å². The number of rotatable bonds is 1. The Labute approximate surface area is 109 Å². The lowest BCUT2D eigenvalue weighted by molar-refractivity contribution is 1.25. The number of nitrogens with two attached hydrogens (primary N) is 2. The van der Waals surface area contributed by atoms with E-state index in [1.807, 2.05) is 0 Å². The average Bonchev–Trinajstić information content (AvgIpc) is 2.19. The molecule has 2 aromatic rings. The second-order valence-corrected chi connectivity index (χ2v) is 4.81. The predicted molar refractivity (Wildman–Crippen MR) is 71.7 cm³/mol. The molecule has 0 saturated carbocycles. The van der Waals surface area contributed by atoms with Gasteiger partial charge in [0.25, 0.3) is 0 Å². The van der Waals surface area contributed by atoms with Gasteiger partial charge < -0.3 is 11.5 Å². The van der Waals surface area contributed by atoms with E-state index in [0.29, 0.717) is 20.6 Å². The molecule has 0 fully saturated rings. The van der Waals surface area contributed by atoms with E-state index < -0.39 is 0 Å². The topological polar surface area (TPSA) is 77.8 Å². The summed E-state index contributed by atoms with van der Waals surface area (Å²) in [7, 11) is 0. The highest BCUT2D eigenvalue weighted by Crippen LogP contribution is 2.31. The van der Waals surface area contributed by atoms with Crippen LogP contribution in [0.25, 0.3) is 11.1 Å². The normalized spacial score (nSPS) is 10.4. The van der Waals surface area contributed by atoms with Gasteiger partial charge in [0.15, 0.2) is 0 Å². The van der Waals surface area contributed by atoms with E-state index in [0.717, 1.165) is 11.1 Å². The summed E-state index contributed by atoms with van der Waals surface area (Å²) in [5, 5.41) is 0. The van der Waals surface area contributed by atoms with E-state index in [-0.39, 0.29) is 0 Å². The lowest BCUT2D eigenvalue weighted by Gasteiger charge is -2.08. The summed E-state index contributed by atoms with van der Waals surface area (Å²) < 4.78 is 1.38. The van der Waals surface area contributed by atoms with Crippen LogP contribution in [-0.4, -0.2) is 9.97 Å².